The summed E-state index contributed by atoms with van der Waals surface area (Å²) in [6, 6.07) is 12.1. The summed E-state index contributed by atoms with van der Waals surface area (Å²) in [5.41, 5.74) is 33.4. The number of nitrogens with one attached hydrogen (secondary N) is 2. The summed E-state index contributed by atoms with van der Waals surface area (Å²) in [5, 5.41) is 6.64. The fourth-order valence-corrected chi connectivity index (χ4v) is 2.59. The van der Waals surface area contributed by atoms with E-state index in [1.807, 2.05) is 6.07 Å². The van der Waals surface area contributed by atoms with Crippen molar-refractivity contribution in [1.29, 1.82) is 0 Å². The third-order valence-electron chi connectivity index (χ3n) is 4.14. The molecule has 2 aromatic rings. The number of hydrogen-bond donors (Lipinski definition) is 2. The van der Waals surface area contributed by atoms with Gasteiger partial charge in [-0.25, -0.2) is 5.43 Å². The first-order valence-corrected chi connectivity index (χ1v) is 12.0. The molecule has 0 fully saturated rings. The van der Waals surface area contributed by atoms with E-state index in [0.717, 1.165) is 5.56 Å². The van der Waals surface area contributed by atoms with Gasteiger partial charge < -0.3 is 5.32 Å². The van der Waals surface area contributed by atoms with Crippen LogP contribution in [0.2, 0.25) is 0 Å². The van der Waals surface area contributed by atoms with Crippen LogP contribution in [-0.4, -0.2) is 28.3 Å². The molecule has 0 unspecified atom stereocenters. The first-order valence-electron chi connectivity index (χ1n) is 12.0. The number of nitrogens with zero attached hydrogens (tertiary/aromatic N) is 2. The predicted octanol–water partition coefficient (Wildman–Crippen LogP) is 5.81. The van der Waals surface area contributed by atoms with Crippen molar-refractivity contribution in [1.82, 2.24) is 10.4 Å². The topological polar surface area (TPSA) is 101 Å². The lowest BCUT2D eigenvalue weighted by atomic mass is 10.0. The van der Waals surface area contributed by atoms with Gasteiger partial charge in [-0.1, -0.05) is 47.2 Å². The van der Waals surface area contributed by atoms with E-state index in [1.165, 1.54) is 13.1 Å². The van der Waals surface area contributed by atoms with E-state index in [4.69, 9.17) is 0 Å². The molecular formula is C35H28N4O3. The van der Waals surface area contributed by atoms with Crippen LogP contribution in [0.5, 0.6) is 0 Å². The number of benzene rings is 1. The molecule has 2 rings (SSSR count). The van der Waals surface area contributed by atoms with Gasteiger partial charge in [0.25, 0.3) is 5.91 Å². The summed E-state index contributed by atoms with van der Waals surface area (Å²) in [5.74, 6) is -0.704. The molecule has 0 bridgehead atoms. The number of ketones is 1. The molecule has 0 spiro atoms. The summed E-state index contributed by atoms with van der Waals surface area (Å²) in [4.78, 5) is 39.3. The Balaban J connectivity index is 0.000000861. The largest absolute Gasteiger partial charge is 0.326 e. The Morgan fingerprint density at radius 3 is 1.76 bits per heavy atom. The van der Waals surface area contributed by atoms with Crippen molar-refractivity contribution in [3.05, 3.63) is 155 Å². The summed E-state index contributed by atoms with van der Waals surface area (Å²) >= 11 is 0. The smallest absolute Gasteiger partial charge is 0.289 e. The van der Waals surface area contributed by atoms with E-state index in [9.17, 15) is 14.4 Å². The van der Waals surface area contributed by atoms with E-state index < -0.39 is 5.91 Å². The van der Waals surface area contributed by atoms with Crippen LogP contribution in [0.3, 0.4) is 0 Å². The van der Waals surface area contributed by atoms with Crippen LogP contribution in [0.25, 0.3) is 0 Å². The van der Waals surface area contributed by atoms with E-state index in [2.05, 4.69) is 116 Å². The summed E-state index contributed by atoms with van der Waals surface area (Å²) < 4.78 is 0. The maximum Gasteiger partial charge on any atom is 0.289 e. The van der Waals surface area contributed by atoms with E-state index in [-0.39, 0.29) is 30.2 Å². The minimum atomic E-state index is -0.437. The second-order valence-corrected chi connectivity index (χ2v) is 7.44. The third-order valence-corrected chi connectivity index (χ3v) is 4.14. The number of para-hydroxylation sites is 1. The number of amides is 2. The number of aromatic nitrogens is 1. The number of hydrazone groups is 1. The van der Waals surface area contributed by atoms with Crippen molar-refractivity contribution < 1.29 is 14.4 Å². The highest BCUT2D eigenvalue weighted by molar-refractivity contribution is 6.03. The van der Waals surface area contributed by atoms with Crippen LogP contribution in [0.4, 0.5) is 5.69 Å². The number of carbonyl (C=O) groups excluding carboxylic acids is 3. The fraction of sp³-hybridized carbons (Fsp3) is 0.114. The SMILES string of the molecule is C=C=C=C=C=C=C=C.C=C=C=C=C=C=C=C.CC(=O)Nc1ccccc1CC(=O)C/C(C)=N/NC(=O)c1ccccn1. The third kappa shape index (κ3) is 18.7. The molecule has 0 aliphatic heterocycles. The highest BCUT2D eigenvalue weighted by atomic mass is 16.2. The molecule has 206 valence electrons. The van der Waals surface area contributed by atoms with Crippen LogP contribution in [0.15, 0.2) is 149 Å². The van der Waals surface area contributed by atoms with Crippen LogP contribution in [0.1, 0.15) is 36.3 Å². The average Bonchev–Trinajstić information content (AvgIpc) is 2.98. The minimum absolute atomic E-state index is 0.0730. The molecule has 1 heterocycles. The van der Waals surface area contributed by atoms with Gasteiger partial charge in [0.2, 0.25) is 5.91 Å². The van der Waals surface area contributed by atoms with Gasteiger partial charge in [-0.15, -0.1) is 0 Å². The summed E-state index contributed by atoms with van der Waals surface area (Å²) in [7, 11) is 0. The average molecular weight is 553 g/mol. The first-order chi connectivity index (χ1) is 20.3. The quantitative estimate of drug-likeness (QED) is 0.257. The van der Waals surface area contributed by atoms with E-state index in [0.29, 0.717) is 11.4 Å². The zero-order valence-corrected chi connectivity index (χ0v) is 23.5. The van der Waals surface area contributed by atoms with Crippen LogP contribution < -0.4 is 10.7 Å². The number of Topliss-reactive ketones (excluding diaryl/α,β-unsaturated/α-hetero) is 1. The van der Waals surface area contributed by atoms with E-state index in [1.54, 1.807) is 43.3 Å². The van der Waals surface area contributed by atoms with Crippen LogP contribution in [0, 0.1) is 0 Å². The number of hydrogen-bond acceptors (Lipinski definition) is 5. The van der Waals surface area contributed by atoms with Crippen molar-refractivity contribution in [2.75, 3.05) is 5.32 Å². The monoisotopic (exact) mass is 552 g/mol. The molecule has 1 aromatic carbocycles. The summed E-state index contributed by atoms with van der Waals surface area (Å²) in [6.07, 6.45) is 1.77. The van der Waals surface area contributed by atoms with Gasteiger partial charge in [-0.05, 0) is 103 Å². The number of anilines is 1. The van der Waals surface area contributed by atoms with Crippen LogP contribution in [-0.2, 0) is 16.0 Å². The lowest BCUT2D eigenvalue weighted by molar-refractivity contribution is -0.117. The Hall–Kier alpha value is -6.51. The molecule has 7 nitrogen and oxygen atoms in total. The predicted molar refractivity (Wildman–Crippen MR) is 164 cm³/mol. The summed E-state index contributed by atoms with van der Waals surface area (Å²) in [6.45, 7) is 16.1. The second-order valence-electron chi connectivity index (χ2n) is 7.44. The number of rotatable bonds is 7. The van der Waals surface area contributed by atoms with Crippen molar-refractivity contribution in [2.24, 2.45) is 5.10 Å². The van der Waals surface area contributed by atoms with Gasteiger partial charge in [0.15, 0.2) is 0 Å². The van der Waals surface area contributed by atoms with Crippen molar-refractivity contribution in [3.63, 3.8) is 0 Å². The molecule has 0 radical (unpaired) electrons. The Bertz CT molecular complexity index is 1620. The maximum atomic E-state index is 12.3. The molecule has 0 saturated heterocycles. The lowest BCUT2D eigenvalue weighted by Crippen LogP contribution is -2.21. The van der Waals surface area contributed by atoms with Crippen LogP contribution >= 0.6 is 0 Å². The Kier molecular flexibility index (Phi) is 19.9. The van der Waals surface area contributed by atoms with Gasteiger partial charge >= 0.3 is 0 Å². The van der Waals surface area contributed by atoms with Crippen molar-refractivity contribution >= 4 is 29.0 Å². The highest BCUT2D eigenvalue weighted by Gasteiger charge is 2.11. The van der Waals surface area contributed by atoms with Crippen molar-refractivity contribution in [3.8, 4) is 0 Å². The molecule has 42 heavy (non-hydrogen) atoms. The van der Waals surface area contributed by atoms with Gasteiger partial charge in [0.1, 0.15) is 11.5 Å². The molecule has 2 amide bonds. The molecule has 7 heteroatoms. The van der Waals surface area contributed by atoms with Gasteiger partial charge in [-0.3, -0.25) is 19.4 Å². The Morgan fingerprint density at radius 2 is 1.29 bits per heavy atom. The molecule has 1 aromatic heterocycles. The lowest BCUT2D eigenvalue weighted by Gasteiger charge is -2.09. The molecule has 0 saturated carbocycles. The van der Waals surface area contributed by atoms with Gasteiger partial charge in [-0.2, -0.15) is 5.10 Å². The fourth-order valence-electron chi connectivity index (χ4n) is 2.59. The second kappa shape index (κ2) is 23.6. The zero-order chi connectivity index (χ0) is 31.4. The Morgan fingerprint density at radius 1 is 0.762 bits per heavy atom. The van der Waals surface area contributed by atoms with E-state index >= 15 is 0 Å². The zero-order valence-electron chi connectivity index (χ0n) is 23.5. The molecule has 0 atom stereocenters. The molecular weight excluding hydrogens is 524 g/mol. The van der Waals surface area contributed by atoms with Crippen molar-refractivity contribution in [2.45, 2.75) is 26.7 Å². The normalized spacial score (nSPS) is 8.10. The minimum Gasteiger partial charge on any atom is -0.326 e. The number of pyridine rings is 1. The highest BCUT2D eigenvalue weighted by Crippen LogP contribution is 2.16. The van der Waals surface area contributed by atoms with Gasteiger partial charge in [0.05, 0.1) is 0 Å². The maximum absolute atomic E-state index is 12.3. The number of carbonyl (C=O) groups is 3. The molecule has 0 aliphatic carbocycles. The molecule has 2 N–H and O–H groups in total. The standard InChI is InChI=1S/C19H20N4O3.2C8H4/c1-13(22-23-19(26)18-9-5-6-10-20-18)11-16(25)12-15-7-3-4-8-17(15)21-14(2)24;2*1-3-5-7-8-6-4-2/h3-10H,11-12H2,1-2H3,(H,21,24)(H,23,26);2*1-2H2/b22-13+;;. The molecule has 0 aliphatic rings. The van der Waals surface area contributed by atoms with Gasteiger partial charge in [0, 0.05) is 37.4 Å². The first kappa shape index (κ1) is 35.5. The Labute approximate surface area is 245 Å².